The van der Waals surface area contributed by atoms with Gasteiger partial charge in [0.25, 0.3) is 5.24 Å². The van der Waals surface area contributed by atoms with E-state index in [4.69, 9.17) is 32.7 Å². The van der Waals surface area contributed by atoms with Crippen molar-refractivity contribution in [3.8, 4) is 11.5 Å². The van der Waals surface area contributed by atoms with E-state index in [1.807, 2.05) is 30.3 Å². The smallest absolute Gasteiger partial charge is 0.252 e. The molecule has 0 amide bonds. The highest BCUT2D eigenvalue weighted by Crippen LogP contribution is 2.20. The predicted octanol–water partition coefficient (Wildman–Crippen LogP) is 6.64. The van der Waals surface area contributed by atoms with Gasteiger partial charge in [0.1, 0.15) is 11.5 Å². The van der Waals surface area contributed by atoms with Gasteiger partial charge in [0.05, 0.1) is 13.2 Å². The minimum Gasteiger partial charge on any atom is -0.494 e. The Labute approximate surface area is 188 Å². The van der Waals surface area contributed by atoms with Gasteiger partial charge in [-0.1, -0.05) is 37.5 Å². The normalized spacial score (nSPS) is 11.7. The molecule has 0 aliphatic heterocycles. The number of hydrogen-bond acceptors (Lipinski definition) is 4. The molecule has 0 N–H and O–H groups in total. The summed E-state index contributed by atoms with van der Waals surface area (Å²) in [5.41, 5.74) is 0.457. The summed E-state index contributed by atoms with van der Waals surface area (Å²) in [5.74, 6) is 1.46. The summed E-state index contributed by atoms with van der Waals surface area (Å²) in [5, 5.41) is -0.726. The van der Waals surface area contributed by atoms with Crippen molar-refractivity contribution in [3.05, 3.63) is 60.2 Å². The van der Waals surface area contributed by atoms with Crippen molar-refractivity contribution >= 4 is 33.7 Å². The van der Waals surface area contributed by atoms with Gasteiger partial charge in [0.15, 0.2) is 0 Å². The van der Waals surface area contributed by atoms with Crippen LogP contribution < -0.4 is 9.47 Å². The van der Waals surface area contributed by atoms with Crippen LogP contribution in [0.25, 0.3) is 0 Å². The zero-order valence-corrected chi connectivity index (χ0v) is 18.5. The summed E-state index contributed by atoms with van der Waals surface area (Å²) in [6, 6.07) is 16.5. The minimum absolute atomic E-state index is 0.106. The van der Waals surface area contributed by atoms with Crippen LogP contribution in [0.15, 0.2) is 54.6 Å². The third-order valence-corrected chi connectivity index (χ3v) is 5.35. The van der Waals surface area contributed by atoms with Crippen LogP contribution in [-0.2, 0) is 4.79 Å². The van der Waals surface area contributed by atoms with Crippen molar-refractivity contribution in [3.63, 3.8) is 0 Å². The molecule has 30 heavy (non-hydrogen) atoms. The number of unbranched alkanes of at least 4 members (excludes halogenated alkanes) is 3. The topological polar surface area (TPSA) is 52.6 Å². The Morgan fingerprint density at radius 2 is 1.27 bits per heavy atom. The summed E-state index contributed by atoms with van der Waals surface area (Å²) >= 11 is 11.2. The zero-order chi connectivity index (χ0) is 21.6. The molecule has 0 aromatic heterocycles. The van der Waals surface area contributed by atoms with E-state index >= 15 is 0 Å². The molecule has 0 radical (unpaired) electrons. The van der Waals surface area contributed by atoms with Crippen LogP contribution in [-0.4, -0.2) is 23.7 Å². The lowest BCUT2D eigenvalue weighted by molar-refractivity contribution is -0.115. The maximum Gasteiger partial charge on any atom is 0.252 e. The van der Waals surface area contributed by atoms with E-state index in [0.29, 0.717) is 18.8 Å². The van der Waals surface area contributed by atoms with Gasteiger partial charge >= 0.3 is 0 Å². The Morgan fingerprint density at radius 1 is 0.700 bits per heavy atom. The third-order valence-electron chi connectivity index (χ3n) is 4.83. The predicted molar refractivity (Wildman–Crippen MR) is 121 cm³/mol. The molecule has 0 aliphatic rings. The van der Waals surface area contributed by atoms with Crippen molar-refractivity contribution < 1.29 is 19.1 Å². The van der Waals surface area contributed by atoms with Gasteiger partial charge in [-0.15, -0.1) is 0 Å². The Hall–Kier alpha value is -2.04. The lowest BCUT2D eigenvalue weighted by Gasteiger charge is -2.13. The van der Waals surface area contributed by atoms with E-state index in [0.717, 1.165) is 56.4 Å². The van der Waals surface area contributed by atoms with Crippen molar-refractivity contribution in [2.45, 2.75) is 44.9 Å². The molecule has 0 fully saturated rings. The van der Waals surface area contributed by atoms with Gasteiger partial charge in [-0.2, -0.15) is 0 Å². The number of carbonyl (C=O) groups is 2. The highest BCUT2D eigenvalue weighted by molar-refractivity contribution is 6.67. The standard InChI is InChI=1S/C24H28Cl2O4/c25-23(27)19(10-8-18-30-21-11-5-3-6-12-21)9-4-1-2-7-17-29-22-15-13-20(14-16-22)24(26)28/h3,5-6,11-16,19H,1-2,4,7-10,17-18H2. The first-order valence-electron chi connectivity index (χ1n) is 10.4. The molecule has 1 atom stereocenters. The summed E-state index contributed by atoms with van der Waals surface area (Å²) in [4.78, 5) is 22.7. The average Bonchev–Trinajstić information content (AvgIpc) is 2.75. The maximum atomic E-state index is 11.7. The fraction of sp³-hybridized carbons (Fsp3) is 0.417. The van der Waals surface area contributed by atoms with Crippen LogP contribution in [0.3, 0.4) is 0 Å². The SMILES string of the molecule is O=C(Cl)c1ccc(OCCCCCCC(CCCOc2ccccc2)C(=O)Cl)cc1. The number of hydrogen-bond donors (Lipinski definition) is 0. The number of para-hydroxylation sites is 1. The summed E-state index contributed by atoms with van der Waals surface area (Å²) in [6.07, 6.45) is 6.32. The second-order valence-electron chi connectivity index (χ2n) is 7.15. The summed E-state index contributed by atoms with van der Waals surface area (Å²) in [7, 11) is 0. The van der Waals surface area contributed by atoms with Crippen molar-refractivity contribution in [1.82, 2.24) is 0 Å². The van der Waals surface area contributed by atoms with E-state index in [9.17, 15) is 9.59 Å². The molecule has 2 aromatic carbocycles. The first-order valence-corrected chi connectivity index (χ1v) is 11.1. The first-order chi connectivity index (χ1) is 14.6. The summed E-state index contributed by atoms with van der Waals surface area (Å²) in [6.45, 7) is 1.20. The Balaban J connectivity index is 1.52. The van der Waals surface area contributed by atoms with Gasteiger partial charge in [-0.05, 0) is 85.3 Å². The van der Waals surface area contributed by atoms with Gasteiger partial charge in [0.2, 0.25) is 5.24 Å². The van der Waals surface area contributed by atoms with E-state index in [1.165, 1.54) is 0 Å². The Kier molecular flexibility index (Phi) is 11.3. The first kappa shape index (κ1) is 24.2. The Morgan fingerprint density at radius 3 is 1.90 bits per heavy atom. The molecular weight excluding hydrogens is 423 g/mol. The van der Waals surface area contributed by atoms with Gasteiger partial charge < -0.3 is 9.47 Å². The van der Waals surface area contributed by atoms with Crippen molar-refractivity contribution in [1.29, 1.82) is 0 Å². The molecular formula is C24H28Cl2O4. The zero-order valence-electron chi connectivity index (χ0n) is 17.0. The molecule has 2 aromatic rings. The molecule has 0 bridgehead atoms. The second kappa shape index (κ2) is 14.1. The fourth-order valence-corrected chi connectivity index (χ4v) is 3.47. The number of carbonyl (C=O) groups excluding carboxylic acids is 2. The van der Waals surface area contributed by atoms with Crippen LogP contribution in [0.4, 0.5) is 0 Å². The van der Waals surface area contributed by atoms with E-state index in [1.54, 1.807) is 24.3 Å². The van der Waals surface area contributed by atoms with Crippen LogP contribution in [0, 0.1) is 5.92 Å². The molecule has 4 nitrogen and oxygen atoms in total. The third kappa shape index (κ3) is 9.64. The number of ether oxygens (including phenoxy) is 2. The monoisotopic (exact) mass is 450 g/mol. The molecule has 0 saturated heterocycles. The van der Waals surface area contributed by atoms with Gasteiger partial charge in [0, 0.05) is 11.5 Å². The number of rotatable bonds is 15. The number of halogens is 2. The lowest BCUT2D eigenvalue weighted by Crippen LogP contribution is -2.11. The number of benzene rings is 2. The molecule has 1 unspecified atom stereocenters. The fourth-order valence-electron chi connectivity index (χ4n) is 3.13. The Bertz CT molecular complexity index is 763. The summed E-state index contributed by atoms with van der Waals surface area (Å²) < 4.78 is 11.3. The van der Waals surface area contributed by atoms with Crippen LogP contribution in [0.5, 0.6) is 11.5 Å². The highest BCUT2D eigenvalue weighted by atomic mass is 35.5. The molecule has 0 heterocycles. The van der Waals surface area contributed by atoms with Crippen molar-refractivity contribution in [2.24, 2.45) is 5.92 Å². The van der Waals surface area contributed by atoms with Gasteiger partial charge in [-0.3, -0.25) is 9.59 Å². The molecule has 6 heteroatoms. The van der Waals surface area contributed by atoms with E-state index < -0.39 is 5.24 Å². The lowest BCUT2D eigenvalue weighted by atomic mass is 9.97. The average molecular weight is 451 g/mol. The molecule has 0 aliphatic carbocycles. The molecule has 162 valence electrons. The largest absolute Gasteiger partial charge is 0.494 e. The van der Waals surface area contributed by atoms with Crippen molar-refractivity contribution in [2.75, 3.05) is 13.2 Å². The molecule has 2 rings (SSSR count). The van der Waals surface area contributed by atoms with Crippen LogP contribution >= 0.6 is 23.2 Å². The van der Waals surface area contributed by atoms with Crippen LogP contribution in [0.1, 0.15) is 55.3 Å². The van der Waals surface area contributed by atoms with E-state index in [2.05, 4.69) is 0 Å². The van der Waals surface area contributed by atoms with Gasteiger partial charge in [-0.25, -0.2) is 0 Å². The molecule has 0 spiro atoms. The quantitative estimate of drug-likeness (QED) is 0.225. The van der Waals surface area contributed by atoms with E-state index in [-0.39, 0.29) is 11.2 Å². The second-order valence-corrected chi connectivity index (χ2v) is 7.87. The highest BCUT2D eigenvalue weighted by Gasteiger charge is 2.15. The maximum absolute atomic E-state index is 11.7. The van der Waals surface area contributed by atoms with Crippen LogP contribution in [0.2, 0.25) is 0 Å². The molecule has 0 saturated carbocycles. The minimum atomic E-state index is -0.473.